The topological polar surface area (TPSA) is 68.4 Å². The Morgan fingerprint density at radius 3 is 2.62 bits per heavy atom. The van der Waals surface area contributed by atoms with Gasteiger partial charge in [0.05, 0.1) is 29.0 Å². The summed E-state index contributed by atoms with van der Waals surface area (Å²) in [5.41, 5.74) is 9.06. The monoisotopic (exact) mass is 340 g/mol. The van der Waals surface area contributed by atoms with Crippen molar-refractivity contribution in [1.82, 2.24) is 4.98 Å². The number of hydrogen-bond donors (Lipinski definition) is 2. The molecule has 24 heavy (non-hydrogen) atoms. The summed E-state index contributed by atoms with van der Waals surface area (Å²) in [7, 11) is 0. The zero-order valence-electron chi connectivity index (χ0n) is 13.3. The number of ether oxygens (including phenoxy) is 1. The van der Waals surface area contributed by atoms with Crippen molar-refractivity contribution in [2.75, 3.05) is 0 Å². The lowest BCUT2D eigenvalue weighted by molar-refractivity contribution is -0.0313. The number of hydrogen-bond acceptors (Lipinski definition) is 5. The van der Waals surface area contributed by atoms with Gasteiger partial charge in [-0.25, -0.2) is 4.98 Å². The van der Waals surface area contributed by atoms with Crippen LogP contribution in [0.3, 0.4) is 0 Å². The molecule has 0 aliphatic heterocycles. The van der Waals surface area contributed by atoms with Gasteiger partial charge in [0, 0.05) is 11.6 Å². The van der Waals surface area contributed by atoms with Gasteiger partial charge in [-0.2, -0.15) is 0 Å². The van der Waals surface area contributed by atoms with Crippen LogP contribution in [0.5, 0.6) is 0 Å². The molecule has 0 saturated heterocycles. The number of aliphatic hydroxyl groups excluding tert-OH is 1. The maximum atomic E-state index is 9.94. The van der Waals surface area contributed by atoms with Crippen molar-refractivity contribution in [3.63, 3.8) is 0 Å². The van der Waals surface area contributed by atoms with E-state index in [2.05, 4.69) is 35.3 Å². The van der Waals surface area contributed by atoms with E-state index >= 15 is 0 Å². The van der Waals surface area contributed by atoms with Crippen LogP contribution in [0.4, 0.5) is 0 Å². The smallest absolute Gasteiger partial charge is 0.124 e. The second-order valence-electron chi connectivity index (χ2n) is 6.26. The third-order valence-corrected chi connectivity index (χ3v) is 5.65. The molecule has 1 aromatic heterocycles. The van der Waals surface area contributed by atoms with Crippen molar-refractivity contribution in [3.05, 3.63) is 54.1 Å². The molecule has 1 fully saturated rings. The first-order valence-corrected chi connectivity index (χ1v) is 9.02. The fraction of sp³-hybridized carbons (Fsp3) is 0.316. The van der Waals surface area contributed by atoms with Crippen molar-refractivity contribution in [2.45, 2.75) is 37.7 Å². The highest BCUT2D eigenvalue weighted by Gasteiger charge is 2.32. The maximum absolute atomic E-state index is 9.94. The molecular weight excluding hydrogens is 320 g/mol. The van der Waals surface area contributed by atoms with Gasteiger partial charge < -0.3 is 15.6 Å². The zero-order chi connectivity index (χ0) is 16.5. The van der Waals surface area contributed by atoms with Crippen LogP contribution in [-0.2, 0) is 11.3 Å². The molecule has 4 nitrogen and oxygen atoms in total. The van der Waals surface area contributed by atoms with Crippen LogP contribution >= 0.6 is 11.3 Å². The molecule has 1 saturated carbocycles. The van der Waals surface area contributed by atoms with E-state index in [1.54, 1.807) is 11.3 Å². The first-order valence-electron chi connectivity index (χ1n) is 8.21. The van der Waals surface area contributed by atoms with E-state index in [1.807, 2.05) is 18.2 Å². The summed E-state index contributed by atoms with van der Waals surface area (Å²) in [6.07, 6.45) is 0.949. The van der Waals surface area contributed by atoms with Crippen LogP contribution in [0.2, 0.25) is 0 Å². The SMILES string of the molecule is NC1CCC(OCc2ccc(-c3nc4ccccc4s3)cc2)C1O. The van der Waals surface area contributed by atoms with Gasteiger partial charge in [-0.3, -0.25) is 0 Å². The van der Waals surface area contributed by atoms with E-state index in [4.69, 9.17) is 10.5 Å². The number of benzene rings is 2. The lowest BCUT2D eigenvalue weighted by Crippen LogP contribution is -2.36. The highest BCUT2D eigenvalue weighted by molar-refractivity contribution is 7.21. The van der Waals surface area contributed by atoms with Crippen molar-refractivity contribution in [2.24, 2.45) is 5.73 Å². The Morgan fingerprint density at radius 1 is 1.12 bits per heavy atom. The minimum absolute atomic E-state index is 0.149. The summed E-state index contributed by atoms with van der Waals surface area (Å²) in [6.45, 7) is 0.495. The quantitative estimate of drug-likeness (QED) is 0.764. The van der Waals surface area contributed by atoms with E-state index in [1.165, 1.54) is 4.70 Å². The van der Waals surface area contributed by atoms with E-state index in [0.29, 0.717) is 6.61 Å². The molecule has 1 heterocycles. The number of fused-ring (bicyclic) bond motifs is 1. The normalized spacial score (nSPS) is 23.8. The summed E-state index contributed by atoms with van der Waals surface area (Å²) in [5, 5.41) is 11.0. The molecule has 4 rings (SSSR count). The Balaban J connectivity index is 1.44. The van der Waals surface area contributed by atoms with Crippen LogP contribution in [-0.4, -0.2) is 28.3 Å². The number of para-hydroxylation sites is 1. The number of aliphatic hydroxyl groups is 1. The lowest BCUT2D eigenvalue weighted by atomic mass is 10.1. The average Bonchev–Trinajstić information content (AvgIpc) is 3.18. The van der Waals surface area contributed by atoms with E-state index in [0.717, 1.165) is 34.5 Å². The Morgan fingerprint density at radius 2 is 1.92 bits per heavy atom. The number of nitrogens with two attached hydrogens (primary N) is 1. The summed E-state index contributed by atoms with van der Waals surface area (Å²) >= 11 is 1.70. The zero-order valence-corrected chi connectivity index (χ0v) is 14.1. The van der Waals surface area contributed by atoms with Crippen LogP contribution in [0.1, 0.15) is 18.4 Å². The molecule has 0 radical (unpaired) electrons. The van der Waals surface area contributed by atoms with E-state index < -0.39 is 6.10 Å². The molecule has 0 spiro atoms. The predicted molar refractivity (Wildman–Crippen MR) is 96.8 cm³/mol. The first kappa shape index (κ1) is 15.7. The van der Waals surface area contributed by atoms with Gasteiger partial charge in [-0.05, 0) is 30.5 Å². The van der Waals surface area contributed by atoms with Crippen LogP contribution in [0, 0.1) is 0 Å². The second-order valence-corrected chi connectivity index (χ2v) is 7.30. The summed E-state index contributed by atoms with van der Waals surface area (Å²) < 4.78 is 7.02. The van der Waals surface area contributed by atoms with Crippen molar-refractivity contribution in [1.29, 1.82) is 0 Å². The second kappa shape index (κ2) is 6.61. The van der Waals surface area contributed by atoms with Gasteiger partial charge in [0.15, 0.2) is 0 Å². The van der Waals surface area contributed by atoms with E-state index in [-0.39, 0.29) is 12.1 Å². The van der Waals surface area contributed by atoms with Gasteiger partial charge in [-0.1, -0.05) is 36.4 Å². The molecule has 3 atom stereocenters. The number of nitrogens with zero attached hydrogens (tertiary/aromatic N) is 1. The van der Waals surface area contributed by atoms with Crippen molar-refractivity contribution >= 4 is 21.6 Å². The molecule has 1 aliphatic rings. The van der Waals surface area contributed by atoms with E-state index in [9.17, 15) is 5.11 Å². The molecular formula is C19H20N2O2S. The maximum Gasteiger partial charge on any atom is 0.124 e. The van der Waals surface area contributed by atoms with Crippen LogP contribution < -0.4 is 5.73 Å². The molecule has 5 heteroatoms. The van der Waals surface area contributed by atoms with Crippen molar-refractivity contribution < 1.29 is 9.84 Å². The fourth-order valence-corrected chi connectivity index (χ4v) is 4.07. The number of thiazole rings is 1. The molecule has 3 aromatic rings. The lowest BCUT2D eigenvalue weighted by Gasteiger charge is -2.17. The molecule has 3 N–H and O–H groups in total. The van der Waals surface area contributed by atoms with Crippen LogP contribution in [0.25, 0.3) is 20.8 Å². The van der Waals surface area contributed by atoms with Gasteiger partial charge >= 0.3 is 0 Å². The number of rotatable bonds is 4. The summed E-state index contributed by atoms with van der Waals surface area (Å²) in [4.78, 5) is 4.68. The molecule has 0 amide bonds. The molecule has 124 valence electrons. The van der Waals surface area contributed by atoms with Crippen molar-refractivity contribution in [3.8, 4) is 10.6 Å². The highest BCUT2D eigenvalue weighted by Crippen LogP contribution is 2.30. The Hall–Kier alpha value is -1.79. The summed E-state index contributed by atoms with van der Waals surface area (Å²) in [5.74, 6) is 0. The molecule has 0 bridgehead atoms. The third kappa shape index (κ3) is 3.08. The minimum atomic E-state index is -0.549. The minimum Gasteiger partial charge on any atom is -0.389 e. The standard InChI is InChI=1S/C19H20N2O2S/c20-14-9-10-16(18(14)22)23-11-12-5-7-13(8-6-12)19-21-15-3-1-2-4-17(15)24-19/h1-8,14,16,18,22H,9-11,20H2. The number of aromatic nitrogens is 1. The molecule has 2 aromatic carbocycles. The Bertz CT molecular complexity index is 798. The molecule has 3 unspecified atom stereocenters. The fourth-order valence-electron chi connectivity index (χ4n) is 3.10. The van der Waals surface area contributed by atoms with Gasteiger partial charge in [0.2, 0.25) is 0 Å². The first-order chi connectivity index (χ1) is 11.7. The Kier molecular flexibility index (Phi) is 4.33. The summed E-state index contributed by atoms with van der Waals surface area (Å²) in [6, 6.07) is 16.3. The highest BCUT2D eigenvalue weighted by atomic mass is 32.1. The van der Waals surface area contributed by atoms with Gasteiger partial charge in [0.1, 0.15) is 5.01 Å². The average molecular weight is 340 g/mol. The third-order valence-electron chi connectivity index (χ3n) is 4.56. The van der Waals surface area contributed by atoms with Gasteiger partial charge in [-0.15, -0.1) is 11.3 Å². The van der Waals surface area contributed by atoms with Gasteiger partial charge in [0.25, 0.3) is 0 Å². The van der Waals surface area contributed by atoms with Crippen LogP contribution in [0.15, 0.2) is 48.5 Å². The Labute approximate surface area is 144 Å². The molecule has 1 aliphatic carbocycles. The largest absolute Gasteiger partial charge is 0.389 e. The predicted octanol–water partition coefficient (Wildman–Crippen LogP) is 3.33.